The van der Waals surface area contributed by atoms with Crippen molar-refractivity contribution in [2.24, 2.45) is 5.73 Å². The lowest BCUT2D eigenvalue weighted by Gasteiger charge is -2.36. The molecule has 0 radical (unpaired) electrons. The van der Waals surface area contributed by atoms with E-state index < -0.39 is 5.91 Å². The lowest BCUT2D eigenvalue weighted by molar-refractivity contribution is 0.0993. The summed E-state index contributed by atoms with van der Waals surface area (Å²) in [6, 6.07) is 7.71. The maximum Gasteiger partial charge on any atom is 0.269 e. The monoisotopic (exact) mass is 381 g/mol. The van der Waals surface area contributed by atoms with Crippen molar-refractivity contribution in [3.05, 3.63) is 35.0 Å². The van der Waals surface area contributed by atoms with Gasteiger partial charge in [0.25, 0.3) is 5.91 Å². The third-order valence-electron chi connectivity index (χ3n) is 6.22. The van der Waals surface area contributed by atoms with Crippen molar-refractivity contribution in [1.29, 1.82) is 0 Å². The highest BCUT2D eigenvalue weighted by Crippen LogP contribution is 2.41. The summed E-state index contributed by atoms with van der Waals surface area (Å²) in [5.41, 5.74) is 9.04. The Morgan fingerprint density at radius 2 is 1.96 bits per heavy atom. The number of rotatable bonds is 3. The van der Waals surface area contributed by atoms with Gasteiger partial charge in [0.2, 0.25) is 0 Å². The van der Waals surface area contributed by atoms with Gasteiger partial charge in [0.1, 0.15) is 5.01 Å². The van der Waals surface area contributed by atoms with Gasteiger partial charge in [0.15, 0.2) is 5.69 Å². The van der Waals surface area contributed by atoms with Crippen molar-refractivity contribution in [2.45, 2.75) is 50.7 Å². The number of fused-ring (bicyclic) bond motifs is 3. The van der Waals surface area contributed by atoms with E-state index in [2.05, 4.69) is 38.8 Å². The standard InChI is InChI=1S/C20H23N5OS/c1-11-10-27-20(22-11)12-3-6-17-16(7-12)18(19(21)26)23-25(17)15-8-13-4-5-14(9-15)24(13)2/h3,6-7,10,13-15H,4-5,8-9H2,1-2H3,(H2,21,26). The van der Waals surface area contributed by atoms with E-state index in [9.17, 15) is 4.79 Å². The number of amides is 1. The fourth-order valence-corrected chi connectivity index (χ4v) is 5.60. The molecule has 2 N–H and O–H groups in total. The minimum atomic E-state index is -0.470. The van der Waals surface area contributed by atoms with Crippen LogP contribution in [0.15, 0.2) is 23.6 Å². The maximum absolute atomic E-state index is 12.1. The van der Waals surface area contributed by atoms with Crippen molar-refractivity contribution >= 4 is 28.1 Å². The molecule has 7 heteroatoms. The number of carbonyl (C=O) groups excluding carboxylic acids is 1. The first kappa shape index (κ1) is 16.9. The van der Waals surface area contributed by atoms with E-state index >= 15 is 0 Å². The highest BCUT2D eigenvalue weighted by molar-refractivity contribution is 7.13. The zero-order valence-corrected chi connectivity index (χ0v) is 16.4. The summed E-state index contributed by atoms with van der Waals surface area (Å²) >= 11 is 1.61. The van der Waals surface area contributed by atoms with Crippen LogP contribution in [0.5, 0.6) is 0 Å². The largest absolute Gasteiger partial charge is 0.364 e. The van der Waals surface area contributed by atoms with Crippen molar-refractivity contribution in [3.8, 4) is 10.6 Å². The van der Waals surface area contributed by atoms with Gasteiger partial charge >= 0.3 is 0 Å². The van der Waals surface area contributed by atoms with Crippen LogP contribution in [0.25, 0.3) is 21.5 Å². The van der Waals surface area contributed by atoms with Gasteiger partial charge in [-0.25, -0.2) is 4.98 Å². The van der Waals surface area contributed by atoms with E-state index in [0.29, 0.717) is 23.8 Å². The second-order valence-corrected chi connectivity index (χ2v) is 8.72. The first-order valence-electron chi connectivity index (χ1n) is 9.48. The van der Waals surface area contributed by atoms with E-state index in [1.807, 2.05) is 18.4 Å². The molecule has 0 spiro atoms. The SMILES string of the molecule is Cc1csc(-c2ccc3c(c2)c(C(N)=O)nn3C2CC3CCC(C2)N3C)n1. The number of primary amides is 1. The average molecular weight is 382 g/mol. The molecule has 1 aromatic carbocycles. The molecule has 2 unspecified atom stereocenters. The molecule has 2 aromatic heterocycles. The molecule has 2 aliphatic heterocycles. The van der Waals surface area contributed by atoms with Crippen LogP contribution in [0, 0.1) is 6.92 Å². The zero-order valence-electron chi connectivity index (χ0n) is 15.6. The molecule has 1 amide bonds. The second kappa shape index (κ2) is 6.14. The van der Waals surface area contributed by atoms with Crippen molar-refractivity contribution in [3.63, 3.8) is 0 Å². The topological polar surface area (TPSA) is 77.0 Å². The Labute approximate surface area is 162 Å². The van der Waals surface area contributed by atoms with Crippen molar-refractivity contribution in [2.75, 3.05) is 7.05 Å². The van der Waals surface area contributed by atoms with Crippen LogP contribution in [0.2, 0.25) is 0 Å². The van der Waals surface area contributed by atoms with Crippen LogP contribution < -0.4 is 5.73 Å². The van der Waals surface area contributed by atoms with Crippen LogP contribution in [0.4, 0.5) is 0 Å². The number of aromatic nitrogens is 3. The molecule has 2 bridgehead atoms. The number of nitrogens with zero attached hydrogens (tertiary/aromatic N) is 4. The number of piperidine rings is 1. The van der Waals surface area contributed by atoms with Gasteiger partial charge in [-0.15, -0.1) is 11.3 Å². The number of thiazole rings is 1. The van der Waals surface area contributed by atoms with Crippen LogP contribution in [-0.2, 0) is 0 Å². The van der Waals surface area contributed by atoms with Gasteiger partial charge in [-0.3, -0.25) is 9.48 Å². The Morgan fingerprint density at radius 1 is 1.22 bits per heavy atom. The first-order chi connectivity index (χ1) is 13.0. The van der Waals surface area contributed by atoms with Gasteiger partial charge in [0.05, 0.1) is 11.6 Å². The molecule has 0 aliphatic carbocycles. The maximum atomic E-state index is 12.1. The van der Waals surface area contributed by atoms with Crippen LogP contribution in [0.1, 0.15) is 47.9 Å². The molecular formula is C20H23N5OS. The van der Waals surface area contributed by atoms with E-state index in [1.165, 1.54) is 12.8 Å². The van der Waals surface area contributed by atoms with Gasteiger partial charge in [-0.2, -0.15) is 5.10 Å². The number of hydrogen-bond donors (Lipinski definition) is 1. The third-order valence-corrected chi connectivity index (χ3v) is 7.23. The van der Waals surface area contributed by atoms with E-state index in [-0.39, 0.29) is 0 Å². The minimum Gasteiger partial charge on any atom is -0.364 e. The highest BCUT2D eigenvalue weighted by Gasteiger charge is 2.40. The van der Waals surface area contributed by atoms with Crippen molar-refractivity contribution < 1.29 is 4.79 Å². The minimum absolute atomic E-state index is 0.322. The zero-order chi connectivity index (χ0) is 18.7. The van der Waals surface area contributed by atoms with Crippen molar-refractivity contribution in [1.82, 2.24) is 19.7 Å². The molecule has 6 nitrogen and oxygen atoms in total. The lowest BCUT2D eigenvalue weighted by atomic mass is 9.98. The number of hydrogen-bond acceptors (Lipinski definition) is 5. The fraction of sp³-hybridized carbons (Fsp3) is 0.450. The normalized spacial score (nSPS) is 25.3. The molecule has 3 aromatic rings. The molecule has 2 fully saturated rings. The Morgan fingerprint density at radius 3 is 2.59 bits per heavy atom. The average Bonchev–Trinajstić information content (AvgIpc) is 3.28. The number of benzene rings is 1. The summed E-state index contributed by atoms with van der Waals surface area (Å²) in [6.07, 6.45) is 4.67. The first-order valence-corrected chi connectivity index (χ1v) is 10.4. The van der Waals surface area contributed by atoms with Gasteiger partial charge in [-0.1, -0.05) is 0 Å². The summed E-state index contributed by atoms with van der Waals surface area (Å²) in [7, 11) is 2.23. The second-order valence-electron chi connectivity index (χ2n) is 7.86. The molecular weight excluding hydrogens is 358 g/mol. The number of nitrogens with two attached hydrogens (primary N) is 1. The molecule has 5 rings (SSSR count). The van der Waals surface area contributed by atoms with Gasteiger partial charge in [0, 0.05) is 34.1 Å². The molecule has 2 aliphatic rings. The van der Waals surface area contributed by atoms with Crippen LogP contribution in [-0.4, -0.2) is 44.7 Å². The molecule has 27 heavy (non-hydrogen) atoms. The highest BCUT2D eigenvalue weighted by atomic mass is 32.1. The molecule has 2 atom stereocenters. The summed E-state index contributed by atoms with van der Waals surface area (Å²) in [5, 5.41) is 8.50. The quantitative estimate of drug-likeness (QED) is 0.755. The summed E-state index contributed by atoms with van der Waals surface area (Å²) in [6.45, 7) is 1.99. The summed E-state index contributed by atoms with van der Waals surface area (Å²) in [4.78, 5) is 19.2. The van der Waals surface area contributed by atoms with E-state index in [0.717, 1.165) is 40.0 Å². The Bertz CT molecular complexity index is 1020. The van der Waals surface area contributed by atoms with E-state index in [4.69, 9.17) is 5.73 Å². The fourth-order valence-electron chi connectivity index (χ4n) is 4.80. The number of aryl methyl sites for hydroxylation is 1. The van der Waals surface area contributed by atoms with Gasteiger partial charge in [-0.05, 0) is 57.9 Å². The van der Waals surface area contributed by atoms with E-state index in [1.54, 1.807) is 11.3 Å². The predicted octanol–water partition coefficient (Wildman–Crippen LogP) is 3.36. The molecule has 4 heterocycles. The van der Waals surface area contributed by atoms with Gasteiger partial charge < -0.3 is 10.6 Å². The Hall–Kier alpha value is -2.25. The Kier molecular flexibility index (Phi) is 3.84. The third kappa shape index (κ3) is 2.68. The van der Waals surface area contributed by atoms with Crippen LogP contribution >= 0.6 is 11.3 Å². The molecule has 140 valence electrons. The number of carbonyl (C=O) groups is 1. The smallest absolute Gasteiger partial charge is 0.269 e. The van der Waals surface area contributed by atoms with Crippen LogP contribution in [0.3, 0.4) is 0 Å². The Balaban J connectivity index is 1.60. The molecule has 2 saturated heterocycles. The molecule has 0 saturated carbocycles. The summed E-state index contributed by atoms with van der Waals surface area (Å²) in [5.74, 6) is -0.470. The summed E-state index contributed by atoms with van der Waals surface area (Å²) < 4.78 is 2.06. The lowest BCUT2D eigenvalue weighted by Crippen LogP contribution is -2.40. The predicted molar refractivity (Wildman–Crippen MR) is 107 cm³/mol.